The number of hydrogen-bond acceptors (Lipinski definition) is 5. The fourth-order valence-electron chi connectivity index (χ4n) is 6.07. The Morgan fingerprint density at radius 3 is 1.55 bits per heavy atom. The third kappa shape index (κ3) is 38.8. The van der Waals surface area contributed by atoms with Gasteiger partial charge in [-0.05, 0) is 51.4 Å². The van der Waals surface area contributed by atoms with Crippen molar-refractivity contribution in [3.8, 4) is 0 Å². The maximum absolute atomic E-state index is 12.8. The number of carbonyl (C=O) groups excluding carboxylic acids is 1. The summed E-state index contributed by atoms with van der Waals surface area (Å²) in [5.41, 5.74) is 0. The number of likely N-dealkylation sites (N-methyl/N-ethyl adjacent to an activating group) is 1. The van der Waals surface area contributed by atoms with E-state index in [4.69, 9.17) is 9.05 Å². The molecule has 0 saturated carbocycles. The Bertz CT molecular complexity index is 964. The molecule has 0 fully saturated rings. The minimum Gasteiger partial charge on any atom is -0.387 e. The van der Waals surface area contributed by atoms with Crippen molar-refractivity contribution in [2.24, 2.45) is 0 Å². The highest BCUT2D eigenvalue weighted by atomic mass is 31.2. The van der Waals surface area contributed by atoms with Crippen LogP contribution in [-0.4, -0.2) is 73.4 Å². The summed E-state index contributed by atoms with van der Waals surface area (Å²) in [7, 11) is 1.57. The van der Waals surface area contributed by atoms with Gasteiger partial charge in [-0.25, -0.2) is 4.57 Å². The fourth-order valence-corrected chi connectivity index (χ4v) is 6.81. The molecule has 3 unspecified atom stereocenters. The van der Waals surface area contributed by atoms with E-state index in [0.717, 1.165) is 44.9 Å². The molecule has 3 N–H and O–H groups in total. The molecule has 0 aliphatic carbocycles. The van der Waals surface area contributed by atoms with Gasteiger partial charge in [-0.1, -0.05) is 166 Å². The first-order valence-electron chi connectivity index (χ1n) is 21.9. The number of phosphoric ester groups is 1. The number of hydrogen-bond donors (Lipinski definition) is 3. The van der Waals surface area contributed by atoms with Crippen LogP contribution in [0.3, 0.4) is 0 Å². The number of nitrogens with zero attached hydrogens (tertiary/aromatic N) is 1. The molecule has 0 rings (SSSR count). The first-order chi connectivity index (χ1) is 25.5. The van der Waals surface area contributed by atoms with E-state index in [-0.39, 0.29) is 19.1 Å². The van der Waals surface area contributed by atoms with E-state index in [1.165, 1.54) is 122 Å². The Kier molecular flexibility index (Phi) is 35.5. The summed E-state index contributed by atoms with van der Waals surface area (Å²) in [6, 6.07) is -0.843. The zero-order valence-corrected chi connectivity index (χ0v) is 36.1. The Labute approximate surface area is 327 Å². The van der Waals surface area contributed by atoms with Crippen molar-refractivity contribution in [2.45, 2.75) is 199 Å². The van der Waals surface area contributed by atoms with Crippen molar-refractivity contribution in [1.82, 2.24) is 5.32 Å². The Balaban J connectivity index is 4.20. The molecule has 0 bridgehead atoms. The summed E-state index contributed by atoms with van der Waals surface area (Å²) in [6.45, 7) is 4.75. The third-order valence-electron chi connectivity index (χ3n) is 9.60. The molecule has 3 atom stereocenters. The van der Waals surface area contributed by atoms with Gasteiger partial charge < -0.3 is 19.8 Å². The van der Waals surface area contributed by atoms with E-state index in [1.54, 1.807) is 6.08 Å². The van der Waals surface area contributed by atoms with Crippen LogP contribution in [0.15, 0.2) is 36.5 Å². The predicted octanol–water partition coefficient (Wildman–Crippen LogP) is 11.9. The summed E-state index contributed by atoms with van der Waals surface area (Å²) < 4.78 is 23.4. The van der Waals surface area contributed by atoms with Gasteiger partial charge >= 0.3 is 7.82 Å². The van der Waals surface area contributed by atoms with E-state index < -0.39 is 20.0 Å². The molecule has 0 heterocycles. The normalized spacial score (nSPS) is 14.8. The molecule has 0 aromatic rings. The molecule has 1 amide bonds. The lowest BCUT2D eigenvalue weighted by atomic mass is 10.0. The quantitative estimate of drug-likeness (QED) is 0.0249. The van der Waals surface area contributed by atoms with E-state index in [1.807, 2.05) is 27.2 Å². The van der Waals surface area contributed by atoms with Crippen LogP contribution in [0, 0.1) is 0 Å². The monoisotopic (exact) mass is 770 g/mol. The van der Waals surface area contributed by atoms with Crippen LogP contribution >= 0.6 is 7.82 Å². The number of carbonyl (C=O) groups is 1. The van der Waals surface area contributed by atoms with Crippen molar-refractivity contribution in [2.75, 3.05) is 40.9 Å². The van der Waals surface area contributed by atoms with Gasteiger partial charge in [0.15, 0.2) is 0 Å². The average Bonchev–Trinajstić information content (AvgIpc) is 3.10. The van der Waals surface area contributed by atoms with Gasteiger partial charge in [-0.2, -0.15) is 0 Å². The van der Waals surface area contributed by atoms with Gasteiger partial charge in [0.2, 0.25) is 5.91 Å². The second-order valence-corrected chi connectivity index (χ2v) is 17.5. The molecule has 0 aliphatic heterocycles. The first-order valence-corrected chi connectivity index (χ1v) is 23.4. The fraction of sp³-hybridized carbons (Fsp3) is 0.841. The van der Waals surface area contributed by atoms with E-state index in [9.17, 15) is 19.4 Å². The molecule has 0 aromatic carbocycles. The number of quaternary nitrogens is 1. The molecule has 0 aromatic heterocycles. The summed E-state index contributed by atoms with van der Waals surface area (Å²) in [5, 5.41) is 13.7. The summed E-state index contributed by atoms with van der Waals surface area (Å²) >= 11 is 0. The van der Waals surface area contributed by atoms with E-state index >= 15 is 0 Å². The van der Waals surface area contributed by atoms with Crippen LogP contribution < -0.4 is 5.32 Å². The Hall–Kier alpha value is -1.28. The zero-order valence-electron chi connectivity index (χ0n) is 35.3. The van der Waals surface area contributed by atoms with Crippen molar-refractivity contribution >= 4 is 13.7 Å². The molecular weight excluding hydrogens is 683 g/mol. The van der Waals surface area contributed by atoms with E-state index in [2.05, 4.69) is 43.5 Å². The zero-order chi connectivity index (χ0) is 39.3. The smallest absolute Gasteiger partial charge is 0.387 e. The molecule has 312 valence electrons. The van der Waals surface area contributed by atoms with Gasteiger partial charge in [0.25, 0.3) is 0 Å². The molecule has 8 nitrogen and oxygen atoms in total. The highest BCUT2D eigenvalue weighted by molar-refractivity contribution is 7.47. The number of nitrogens with one attached hydrogen (secondary N) is 1. The average molecular weight is 770 g/mol. The molecular formula is C44H86N2O6P+. The molecule has 0 spiro atoms. The number of unbranched alkanes of at least 4 members (excludes halogenated alkanes) is 22. The number of aliphatic hydroxyl groups is 1. The van der Waals surface area contributed by atoms with Crippen LogP contribution in [0.25, 0.3) is 0 Å². The number of amides is 1. The molecule has 53 heavy (non-hydrogen) atoms. The Morgan fingerprint density at radius 1 is 0.642 bits per heavy atom. The number of allylic oxidation sites excluding steroid dienone is 5. The summed E-state index contributed by atoms with van der Waals surface area (Å²) in [6.07, 6.45) is 43.7. The van der Waals surface area contributed by atoms with Gasteiger partial charge in [0.05, 0.1) is 39.9 Å². The SMILES string of the molecule is CCCCCCC/C=C\C/C=C\CCCCCCCCCCCCCC(=O)NC(COP(=O)(O)OCC[N+](C)(C)C)C(O)/C=C/CCCCCCCC. The summed E-state index contributed by atoms with van der Waals surface area (Å²) in [5.74, 6) is -0.184. The minimum atomic E-state index is -4.33. The van der Waals surface area contributed by atoms with Crippen molar-refractivity contribution in [3.63, 3.8) is 0 Å². The molecule has 0 radical (unpaired) electrons. The van der Waals surface area contributed by atoms with Crippen molar-refractivity contribution in [1.29, 1.82) is 0 Å². The van der Waals surface area contributed by atoms with Gasteiger partial charge in [-0.3, -0.25) is 13.8 Å². The summed E-state index contributed by atoms with van der Waals surface area (Å²) in [4.78, 5) is 23.0. The number of aliphatic hydroxyl groups excluding tert-OH is 1. The largest absolute Gasteiger partial charge is 0.472 e. The lowest BCUT2D eigenvalue weighted by Gasteiger charge is -2.25. The van der Waals surface area contributed by atoms with Crippen LogP contribution in [0.1, 0.15) is 187 Å². The van der Waals surface area contributed by atoms with Crippen molar-refractivity contribution in [3.05, 3.63) is 36.5 Å². The molecule has 9 heteroatoms. The molecule has 0 aliphatic rings. The standard InChI is InChI=1S/C44H85N2O6P/c1-6-8-10-12-14-16-17-18-19-20-21-22-23-24-25-26-27-28-29-30-32-34-36-38-44(48)45-42(41-52-53(49,50)51-40-39-46(3,4)5)43(47)37-35-33-31-15-13-11-9-7-2/h17-18,20-21,35,37,42-43,47H,6-16,19,22-34,36,38-41H2,1-5H3,(H-,45,48,49,50)/p+1/b18-17-,21-20-,37-35+. The van der Waals surface area contributed by atoms with Gasteiger partial charge in [-0.15, -0.1) is 0 Å². The topological polar surface area (TPSA) is 105 Å². The van der Waals surface area contributed by atoms with Crippen LogP contribution in [-0.2, 0) is 18.4 Å². The lowest BCUT2D eigenvalue weighted by molar-refractivity contribution is -0.870. The first kappa shape index (κ1) is 51.7. The van der Waals surface area contributed by atoms with Crippen molar-refractivity contribution < 1.29 is 32.9 Å². The van der Waals surface area contributed by atoms with Gasteiger partial charge in [0, 0.05) is 6.42 Å². The second kappa shape index (κ2) is 36.4. The van der Waals surface area contributed by atoms with Crippen LogP contribution in [0.2, 0.25) is 0 Å². The minimum absolute atomic E-state index is 0.0605. The second-order valence-electron chi connectivity index (χ2n) is 16.1. The maximum Gasteiger partial charge on any atom is 0.472 e. The van der Waals surface area contributed by atoms with Crippen LogP contribution in [0.5, 0.6) is 0 Å². The Morgan fingerprint density at radius 2 is 1.08 bits per heavy atom. The third-order valence-corrected chi connectivity index (χ3v) is 10.6. The predicted molar refractivity (Wildman–Crippen MR) is 226 cm³/mol. The molecule has 0 saturated heterocycles. The van der Waals surface area contributed by atoms with Gasteiger partial charge in [0.1, 0.15) is 13.2 Å². The van der Waals surface area contributed by atoms with Crippen LogP contribution in [0.4, 0.5) is 0 Å². The number of rotatable bonds is 39. The number of phosphoric acid groups is 1. The lowest BCUT2D eigenvalue weighted by Crippen LogP contribution is -2.45. The highest BCUT2D eigenvalue weighted by Crippen LogP contribution is 2.43. The van der Waals surface area contributed by atoms with E-state index in [0.29, 0.717) is 17.4 Å². The highest BCUT2D eigenvalue weighted by Gasteiger charge is 2.27. The maximum atomic E-state index is 12.8.